The lowest BCUT2D eigenvalue weighted by atomic mass is 9.84. The van der Waals surface area contributed by atoms with Crippen molar-refractivity contribution in [2.24, 2.45) is 0 Å². The minimum Gasteiger partial charge on any atom is -0.398 e. The van der Waals surface area contributed by atoms with E-state index < -0.39 is 18.3 Å². The fourth-order valence-corrected chi connectivity index (χ4v) is 1.69. The monoisotopic (exact) mass is 236 g/mol. The van der Waals surface area contributed by atoms with Gasteiger partial charge in [-0.15, -0.1) is 0 Å². The molecule has 17 heavy (non-hydrogen) atoms. The van der Waals surface area contributed by atoms with E-state index in [1.807, 2.05) is 27.7 Å². The predicted molar refractivity (Wildman–Crippen MR) is 65.3 cm³/mol. The van der Waals surface area contributed by atoms with Gasteiger partial charge >= 0.3 is 7.12 Å². The van der Waals surface area contributed by atoms with E-state index in [0.717, 1.165) is 0 Å². The molecule has 1 aliphatic heterocycles. The van der Waals surface area contributed by atoms with Crippen LogP contribution in [0.3, 0.4) is 0 Å². The van der Waals surface area contributed by atoms with E-state index in [-0.39, 0.29) is 5.56 Å². The summed E-state index contributed by atoms with van der Waals surface area (Å²) < 4.78 is 11.6. The van der Waals surface area contributed by atoms with Gasteiger partial charge in [-0.1, -0.05) is 0 Å². The molecule has 0 spiro atoms. The largest absolute Gasteiger partial charge is 0.514 e. The highest BCUT2D eigenvalue weighted by Gasteiger charge is 2.52. The smallest absolute Gasteiger partial charge is 0.398 e. The van der Waals surface area contributed by atoms with Crippen LogP contribution in [-0.2, 0) is 9.31 Å². The predicted octanol–water partition coefficient (Wildman–Crippen LogP) is 0.378. The lowest BCUT2D eigenvalue weighted by Crippen LogP contribution is -2.41. The van der Waals surface area contributed by atoms with E-state index in [0.29, 0.717) is 11.4 Å². The van der Waals surface area contributed by atoms with E-state index in [1.54, 1.807) is 6.92 Å². The van der Waals surface area contributed by atoms with Gasteiger partial charge < -0.3 is 14.3 Å². The minimum atomic E-state index is -0.582. The third-order valence-electron chi connectivity index (χ3n) is 3.37. The summed E-state index contributed by atoms with van der Waals surface area (Å²) in [6.45, 7) is 9.59. The van der Waals surface area contributed by atoms with Gasteiger partial charge in [0.15, 0.2) is 0 Å². The Kier molecular flexibility index (Phi) is 2.67. The van der Waals surface area contributed by atoms with Gasteiger partial charge in [0.1, 0.15) is 5.82 Å². The lowest BCUT2D eigenvalue weighted by molar-refractivity contribution is 0.00578. The fraction of sp³-hybridized carbons (Fsp3) is 0.636. The molecule has 0 unspecified atom stereocenters. The third kappa shape index (κ3) is 2.15. The van der Waals surface area contributed by atoms with Crippen molar-refractivity contribution in [1.29, 1.82) is 0 Å². The maximum absolute atomic E-state index is 11.4. The van der Waals surface area contributed by atoms with E-state index >= 15 is 0 Å². The molecule has 1 N–H and O–H groups in total. The van der Waals surface area contributed by atoms with Crippen LogP contribution in [0.15, 0.2) is 10.9 Å². The Morgan fingerprint density at radius 1 is 1.24 bits per heavy atom. The van der Waals surface area contributed by atoms with Crippen LogP contribution in [0, 0.1) is 6.92 Å². The number of rotatable bonds is 1. The number of aromatic nitrogens is 2. The van der Waals surface area contributed by atoms with Crippen molar-refractivity contribution in [3.05, 3.63) is 22.2 Å². The zero-order valence-electron chi connectivity index (χ0n) is 10.8. The van der Waals surface area contributed by atoms with Gasteiger partial charge in [-0.05, 0) is 34.6 Å². The second-order valence-corrected chi connectivity index (χ2v) is 5.34. The first-order valence-corrected chi connectivity index (χ1v) is 5.65. The van der Waals surface area contributed by atoms with Gasteiger partial charge in [0.25, 0.3) is 0 Å². The van der Waals surface area contributed by atoms with Gasteiger partial charge in [-0.25, -0.2) is 4.98 Å². The second-order valence-electron chi connectivity index (χ2n) is 5.34. The highest BCUT2D eigenvalue weighted by atomic mass is 16.7. The molecule has 0 aliphatic carbocycles. The minimum absolute atomic E-state index is 0.192. The topological polar surface area (TPSA) is 64.2 Å². The summed E-state index contributed by atoms with van der Waals surface area (Å²) in [4.78, 5) is 18.2. The number of aryl methyl sites for hydroxylation is 1. The van der Waals surface area contributed by atoms with Crippen molar-refractivity contribution in [3.63, 3.8) is 0 Å². The molecule has 1 aromatic heterocycles. The number of nitrogens with one attached hydrogen (secondary N) is 1. The Bertz CT molecular complexity index is 480. The van der Waals surface area contributed by atoms with Crippen molar-refractivity contribution in [1.82, 2.24) is 9.97 Å². The Balaban J connectivity index is 2.35. The average molecular weight is 236 g/mol. The Morgan fingerprint density at radius 2 is 1.76 bits per heavy atom. The average Bonchev–Trinajstić information content (AvgIpc) is 2.34. The molecular weight excluding hydrogens is 219 g/mol. The number of hydrogen-bond acceptors (Lipinski definition) is 4. The molecule has 1 aliphatic rings. The molecule has 1 fully saturated rings. The maximum Gasteiger partial charge on any atom is 0.514 e. The SMILES string of the molecule is Cc1nc(B2OC(C)(C)C(C)(C)O2)cc(=O)[nH]1. The summed E-state index contributed by atoms with van der Waals surface area (Å²) in [5.41, 5.74) is -0.516. The molecule has 1 aromatic rings. The van der Waals surface area contributed by atoms with Gasteiger partial charge in [0.05, 0.1) is 16.8 Å². The first kappa shape index (κ1) is 12.3. The van der Waals surface area contributed by atoms with Crippen molar-refractivity contribution < 1.29 is 9.31 Å². The maximum atomic E-state index is 11.4. The van der Waals surface area contributed by atoms with Crippen LogP contribution < -0.4 is 11.2 Å². The fourth-order valence-electron chi connectivity index (χ4n) is 1.69. The number of nitrogens with zero attached hydrogens (tertiary/aromatic N) is 1. The van der Waals surface area contributed by atoms with Crippen LogP contribution in [-0.4, -0.2) is 28.3 Å². The van der Waals surface area contributed by atoms with Crippen LogP contribution in [0.25, 0.3) is 0 Å². The molecule has 0 radical (unpaired) electrons. The molecule has 0 saturated carbocycles. The highest BCUT2D eigenvalue weighted by molar-refractivity contribution is 6.61. The van der Waals surface area contributed by atoms with Crippen LogP contribution in [0.5, 0.6) is 0 Å². The van der Waals surface area contributed by atoms with E-state index in [1.165, 1.54) is 6.07 Å². The quantitative estimate of drug-likeness (QED) is 0.716. The highest BCUT2D eigenvalue weighted by Crippen LogP contribution is 2.36. The number of hydrogen-bond donors (Lipinski definition) is 1. The Labute approximate surface area is 101 Å². The zero-order chi connectivity index (χ0) is 12.8. The van der Waals surface area contributed by atoms with Crippen molar-refractivity contribution in [2.45, 2.75) is 45.8 Å². The first-order chi connectivity index (χ1) is 7.71. The standard InChI is InChI=1S/C11H17BN2O3/c1-7-13-8(6-9(15)14-7)12-16-10(2,3)11(4,5)17-12/h6H,1-5H3,(H,13,14,15). The lowest BCUT2D eigenvalue weighted by Gasteiger charge is -2.32. The molecule has 2 heterocycles. The molecule has 0 amide bonds. The van der Waals surface area contributed by atoms with Gasteiger partial charge in [-0.3, -0.25) is 4.79 Å². The first-order valence-electron chi connectivity index (χ1n) is 5.65. The summed E-state index contributed by atoms with van der Waals surface area (Å²) in [6.07, 6.45) is 0. The summed E-state index contributed by atoms with van der Waals surface area (Å²) in [6, 6.07) is 1.41. The molecule has 2 rings (SSSR count). The third-order valence-corrected chi connectivity index (χ3v) is 3.37. The van der Waals surface area contributed by atoms with Crippen LogP contribution >= 0.6 is 0 Å². The van der Waals surface area contributed by atoms with Crippen molar-refractivity contribution in [2.75, 3.05) is 0 Å². The number of H-pyrrole nitrogens is 1. The summed E-state index contributed by atoms with van der Waals surface area (Å²) in [5.74, 6) is 0.558. The van der Waals surface area contributed by atoms with Crippen molar-refractivity contribution in [3.8, 4) is 0 Å². The van der Waals surface area contributed by atoms with Crippen LogP contribution in [0.4, 0.5) is 0 Å². The molecule has 1 saturated heterocycles. The van der Waals surface area contributed by atoms with Gasteiger partial charge in [-0.2, -0.15) is 0 Å². The molecule has 0 aromatic carbocycles. The van der Waals surface area contributed by atoms with Gasteiger partial charge in [0, 0.05) is 6.07 Å². The Morgan fingerprint density at radius 3 is 2.24 bits per heavy atom. The summed E-state index contributed by atoms with van der Waals surface area (Å²) >= 11 is 0. The summed E-state index contributed by atoms with van der Waals surface area (Å²) in [7, 11) is -0.582. The van der Waals surface area contributed by atoms with Gasteiger partial charge in [0.2, 0.25) is 5.56 Å². The van der Waals surface area contributed by atoms with E-state index in [9.17, 15) is 4.79 Å². The van der Waals surface area contributed by atoms with Crippen LogP contribution in [0.2, 0.25) is 0 Å². The van der Waals surface area contributed by atoms with Crippen molar-refractivity contribution >= 4 is 12.7 Å². The molecule has 0 atom stereocenters. The molecular formula is C11H17BN2O3. The number of aromatic amines is 1. The second kappa shape index (κ2) is 3.68. The zero-order valence-corrected chi connectivity index (χ0v) is 10.8. The molecule has 92 valence electrons. The van der Waals surface area contributed by atoms with E-state index in [4.69, 9.17) is 9.31 Å². The Hall–Kier alpha value is -1.14. The van der Waals surface area contributed by atoms with E-state index in [2.05, 4.69) is 9.97 Å². The molecule has 5 nitrogen and oxygen atoms in total. The summed E-state index contributed by atoms with van der Waals surface area (Å²) in [5, 5.41) is 0. The van der Waals surface area contributed by atoms with Crippen LogP contribution in [0.1, 0.15) is 33.5 Å². The molecule has 0 bridgehead atoms. The molecule has 6 heteroatoms. The normalized spacial score (nSPS) is 21.8.